The van der Waals surface area contributed by atoms with Crippen LogP contribution in [0, 0.1) is 0 Å². The number of amides is 4. The van der Waals surface area contributed by atoms with E-state index in [9.17, 15) is 24.0 Å². The zero-order chi connectivity index (χ0) is 23.3. The van der Waals surface area contributed by atoms with Crippen molar-refractivity contribution in [3.63, 3.8) is 0 Å². The van der Waals surface area contributed by atoms with Crippen LogP contribution in [0.3, 0.4) is 0 Å². The Hall–Kier alpha value is -1.99. The van der Waals surface area contributed by atoms with Crippen LogP contribution < -0.4 is 27.4 Å². The Kier molecular flexibility index (Phi) is 13.9. The van der Waals surface area contributed by atoms with Gasteiger partial charge in [-0.1, -0.05) is 0 Å². The predicted molar refractivity (Wildman–Crippen MR) is 117 cm³/mol. The third kappa shape index (κ3) is 11.3. The van der Waals surface area contributed by atoms with Gasteiger partial charge < -0.3 is 32.5 Å². The van der Waals surface area contributed by atoms with Gasteiger partial charge in [0.25, 0.3) is 0 Å². The van der Waals surface area contributed by atoms with Crippen molar-refractivity contribution in [2.24, 2.45) is 11.5 Å². The maximum absolute atomic E-state index is 12.7. The van der Waals surface area contributed by atoms with E-state index in [0.717, 1.165) is 0 Å². The van der Waals surface area contributed by atoms with Crippen LogP contribution in [0.1, 0.15) is 26.2 Å². The van der Waals surface area contributed by atoms with E-state index >= 15 is 0 Å². The van der Waals surface area contributed by atoms with Gasteiger partial charge in [0.05, 0.1) is 12.5 Å². The fraction of sp³-hybridized carbons (Fsp3) is 0.706. The number of hydrogen-bond donors (Lipinski definition) is 6. The molecule has 13 heteroatoms. The van der Waals surface area contributed by atoms with Gasteiger partial charge in [0.2, 0.25) is 23.6 Å². The molecular formula is C17H31N5O6S2. The molecule has 0 aromatic carbocycles. The van der Waals surface area contributed by atoms with Gasteiger partial charge in [-0.05, 0) is 43.8 Å². The molecule has 30 heavy (non-hydrogen) atoms. The zero-order valence-corrected chi connectivity index (χ0v) is 18.9. The van der Waals surface area contributed by atoms with Gasteiger partial charge in [-0.25, -0.2) is 0 Å². The standard InChI is InChI=1S/C17H31N5O6S2/c1-9(17(27)28)20-15(25)11(5-7-30-3)21-16(26)12(8-13(19)23)22-14(24)10(18)4-6-29-2/h9-12H,4-8,18H2,1-3H3,(H2,19,23)(H,20,25)(H,21,26)(H,22,24)(H,27,28). The SMILES string of the molecule is CSCCC(N)C(=O)NC(CC(N)=O)C(=O)NC(CCSC)C(=O)NC(C)C(=O)O. The summed E-state index contributed by atoms with van der Waals surface area (Å²) in [5, 5.41) is 16.1. The number of nitrogens with one attached hydrogen (secondary N) is 3. The summed E-state index contributed by atoms with van der Waals surface area (Å²) >= 11 is 2.94. The third-order valence-electron chi connectivity index (χ3n) is 3.98. The molecular weight excluding hydrogens is 434 g/mol. The van der Waals surface area contributed by atoms with Gasteiger partial charge in [0.15, 0.2) is 0 Å². The molecule has 0 aromatic rings. The van der Waals surface area contributed by atoms with Gasteiger partial charge in [0.1, 0.15) is 18.1 Å². The van der Waals surface area contributed by atoms with Crippen molar-refractivity contribution in [2.45, 2.75) is 50.4 Å². The molecule has 4 atom stereocenters. The van der Waals surface area contributed by atoms with E-state index in [1.54, 1.807) is 0 Å². The maximum Gasteiger partial charge on any atom is 0.325 e. The fourth-order valence-electron chi connectivity index (χ4n) is 2.22. The quantitative estimate of drug-likeness (QED) is 0.163. The number of hydrogen-bond acceptors (Lipinski definition) is 8. The number of carbonyl (C=O) groups is 5. The lowest BCUT2D eigenvalue weighted by molar-refractivity contribution is -0.142. The van der Waals surface area contributed by atoms with Crippen LogP contribution in [0.5, 0.6) is 0 Å². The van der Waals surface area contributed by atoms with Gasteiger partial charge in [0, 0.05) is 0 Å². The molecule has 8 N–H and O–H groups in total. The minimum absolute atomic E-state index is 0.218. The molecule has 11 nitrogen and oxygen atoms in total. The Morgan fingerprint density at radius 1 is 0.867 bits per heavy atom. The highest BCUT2D eigenvalue weighted by atomic mass is 32.2. The molecule has 0 aromatic heterocycles. The Morgan fingerprint density at radius 3 is 1.87 bits per heavy atom. The number of aliphatic carboxylic acids is 1. The van der Waals surface area contributed by atoms with Gasteiger partial charge >= 0.3 is 5.97 Å². The van der Waals surface area contributed by atoms with Crippen LogP contribution in [-0.4, -0.2) is 82.9 Å². The summed E-state index contributed by atoms with van der Waals surface area (Å²) in [6, 6.07) is -4.38. The van der Waals surface area contributed by atoms with Crippen LogP contribution >= 0.6 is 23.5 Å². The van der Waals surface area contributed by atoms with E-state index in [1.165, 1.54) is 30.4 Å². The zero-order valence-electron chi connectivity index (χ0n) is 17.3. The second-order valence-corrected chi connectivity index (χ2v) is 8.50. The van der Waals surface area contributed by atoms with Crippen molar-refractivity contribution in [3.8, 4) is 0 Å². The van der Waals surface area contributed by atoms with Crippen molar-refractivity contribution < 1.29 is 29.1 Å². The first-order valence-corrected chi connectivity index (χ1v) is 12.0. The Morgan fingerprint density at radius 2 is 1.37 bits per heavy atom. The molecule has 0 fully saturated rings. The number of primary amides is 1. The van der Waals surface area contributed by atoms with E-state index in [-0.39, 0.29) is 6.42 Å². The molecule has 0 heterocycles. The monoisotopic (exact) mass is 465 g/mol. The van der Waals surface area contributed by atoms with Crippen molar-refractivity contribution >= 4 is 53.1 Å². The first-order chi connectivity index (χ1) is 14.0. The van der Waals surface area contributed by atoms with Gasteiger partial charge in [-0.15, -0.1) is 0 Å². The minimum Gasteiger partial charge on any atom is -0.480 e. The van der Waals surface area contributed by atoms with Crippen LogP contribution in [-0.2, 0) is 24.0 Å². The molecule has 0 rings (SSSR count). The Labute approximate surface area is 184 Å². The molecule has 0 bridgehead atoms. The van der Waals surface area contributed by atoms with E-state index in [2.05, 4.69) is 16.0 Å². The number of carboxylic acids is 1. The lowest BCUT2D eigenvalue weighted by Gasteiger charge is -2.24. The van der Waals surface area contributed by atoms with E-state index in [1.807, 2.05) is 12.5 Å². The summed E-state index contributed by atoms with van der Waals surface area (Å²) in [6.45, 7) is 1.29. The highest BCUT2D eigenvalue weighted by Gasteiger charge is 2.30. The van der Waals surface area contributed by atoms with Crippen LogP contribution in [0.25, 0.3) is 0 Å². The van der Waals surface area contributed by atoms with Crippen LogP contribution in [0.15, 0.2) is 0 Å². The molecule has 0 radical (unpaired) electrons. The second kappa shape index (κ2) is 14.9. The number of carbonyl (C=O) groups excluding carboxylic acids is 4. The van der Waals surface area contributed by atoms with Crippen molar-refractivity contribution in [1.82, 2.24) is 16.0 Å². The van der Waals surface area contributed by atoms with E-state index in [0.29, 0.717) is 17.9 Å². The number of carboxylic acid groups (broad SMARTS) is 1. The molecule has 0 saturated heterocycles. The molecule has 4 unspecified atom stereocenters. The third-order valence-corrected chi connectivity index (χ3v) is 5.27. The van der Waals surface area contributed by atoms with E-state index < -0.39 is 60.2 Å². The van der Waals surface area contributed by atoms with Crippen molar-refractivity contribution in [3.05, 3.63) is 0 Å². The summed E-state index contributed by atoms with van der Waals surface area (Å²) in [5.74, 6) is -2.99. The predicted octanol–water partition coefficient (Wildman–Crippen LogP) is -1.75. The average molecular weight is 466 g/mol. The molecule has 0 saturated carbocycles. The smallest absolute Gasteiger partial charge is 0.325 e. The Balaban J connectivity index is 5.26. The summed E-state index contributed by atoms with van der Waals surface area (Å²) < 4.78 is 0. The highest BCUT2D eigenvalue weighted by molar-refractivity contribution is 7.98. The van der Waals surface area contributed by atoms with Gasteiger partial charge in [-0.3, -0.25) is 24.0 Å². The summed E-state index contributed by atoms with van der Waals surface area (Å²) in [7, 11) is 0. The number of thioether (sulfide) groups is 2. The first kappa shape index (κ1) is 28.0. The maximum atomic E-state index is 12.7. The van der Waals surface area contributed by atoms with Crippen LogP contribution in [0.2, 0.25) is 0 Å². The summed E-state index contributed by atoms with van der Waals surface area (Å²) in [6.07, 6.45) is 3.79. The fourth-order valence-corrected chi connectivity index (χ4v) is 3.18. The number of nitrogens with two attached hydrogens (primary N) is 2. The molecule has 172 valence electrons. The minimum atomic E-state index is -1.31. The van der Waals surface area contributed by atoms with Crippen molar-refractivity contribution in [2.75, 3.05) is 24.0 Å². The molecule has 0 spiro atoms. The molecule has 4 amide bonds. The lowest BCUT2D eigenvalue weighted by Crippen LogP contribution is -2.57. The summed E-state index contributed by atoms with van der Waals surface area (Å²) in [4.78, 5) is 59.6. The Bertz CT molecular complexity index is 621. The average Bonchev–Trinajstić information content (AvgIpc) is 2.67. The first-order valence-electron chi connectivity index (χ1n) is 9.19. The lowest BCUT2D eigenvalue weighted by atomic mass is 10.1. The highest BCUT2D eigenvalue weighted by Crippen LogP contribution is 2.05. The van der Waals surface area contributed by atoms with Crippen molar-refractivity contribution in [1.29, 1.82) is 0 Å². The molecule has 0 aliphatic carbocycles. The second-order valence-electron chi connectivity index (χ2n) is 6.53. The van der Waals surface area contributed by atoms with Gasteiger partial charge in [-0.2, -0.15) is 23.5 Å². The number of rotatable bonds is 15. The largest absolute Gasteiger partial charge is 0.480 e. The topological polar surface area (TPSA) is 194 Å². The van der Waals surface area contributed by atoms with E-state index in [4.69, 9.17) is 16.6 Å². The summed E-state index contributed by atoms with van der Waals surface area (Å²) in [5.41, 5.74) is 11.0. The van der Waals surface area contributed by atoms with Crippen LogP contribution in [0.4, 0.5) is 0 Å². The normalized spacial score (nSPS) is 14.7. The molecule has 0 aliphatic heterocycles. The molecule has 0 aliphatic rings.